The molecule has 47 heavy (non-hydrogen) atoms. The van der Waals surface area contributed by atoms with Crippen molar-refractivity contribution < 1.29 is 14.7 Å². The van der Waals surface area contributed by atoms with Crippen LogP contribution in [-0.4, -0.2) is 50.3 Å². The summed E-state index contributed by atoms with van der Waals surface area (Å²) >= 11 is 1.53. The Hall–Kier alpha value is -5.14. The molecule has 0 aliphatic carbocycles. The average molecular weight is 640 g/mol. The van der Waals surface area contributed by atoms with Crippen LogP contribution < -0.4 is 0 Å². The molecular formula is C40H37N3O3S. The number of aromatic nitrogens is 2. The highest BCUT2D eigenvalue weighted by molar-refractivity contribution is 7.99. The first-order chi connectivity index (χ1) is 23.1. The van der Waals surface area contributed by atoms with E-state index >= 15 is 0 Å². The largest absolute Gasteiger partial charge is 0.480 e. The lowest BCUT2D eigenvalue weighted by Gasteiger charge is -2.32. The van der Waals surface area contributed by atoms with Gasteiger partial charge < -0.3 is 14.6 Å². The van der Waals surface area contributed by atoms with Crippen molar-refractivity contribution in [2.24, 2.45) is 0 Å². The molecule has 0 radical (unpaired) electrons. The third-order valence-corrected chi connectivity index (χ3v) is 9.41. The number of carbonyl (C=O) groups excluding carboxylic acids is 1. The van der Waals surface area contributed by atoms with Gasteiger partial charge in [0.25, 0.3) is 0 Å². The second-order valence-corrected chi connectivity index (χ2v) is 12.5. The number of hydrogen-bond donors (Lipinski definition) is 1. The zero-order chi connectivity index (χ0) is 32.4. The number of carboxylic acids is 1. The van der Waals surface area contributed by atoms with Crippen LogP contribution in [0.5, 0.6) is 0 Å². The number of fused-ring (bicyclic) bond motifs is 1. The quantitative estimate of drug-likeness (QED) is 0.0963. The highest BCUT2D eigenvalue weighted by Crippen LogP contribution is 2.31. The lowest BCUT2D eigenvalue weighted by molar-refractivity contribution is -0.137. The van der Waals surface area contributed by atoms with Crippen molar-refractivity contribution in [3.8, 4) is 0 Å². The van der Waals surface area contributed by atoms with E-state index in [1.807, 2.05) is 126 Å². The molecule has 0 aliphatic heterocycles. The Kier molecular flexibility index (Phi) is 10.4. The molecule has 0 aliphatic rings. The van der Waals surface area contributed by atoms with Gasteiger partial charge in [-0.3, -0.25) is 9.59 Å². The molecule has 7 heteroatoms. The van der Waals surface area contributed by atoms with Crippen LogP contribution in [0.2, 0.25) is 0 Å². The van der Waals surface area contributed by atoms with E-state index in [2.05, 4.69) is 24.3 Å². The normalized spacial score (nSPS) is 11.3. The summed E-state index contributed by atoms with van der Waals surface area (Å²) in [7, 11) is 0. The zero-order valence-corrected chi connectivity index (χ0v) is 26.9. The van der Waals surface area contributed by atoms with Crippen molar-refractivity contribution in [2.45, 2.75) is 30.0 Å². The van der Waals surface area contributed by atoms with Crippen LogP contribution in [0.4, 0.5) is 0 Å². The van der Waals surface area contributed by atoms with Crippen LogP contribution in [0, 0.1) is 0 Å². The van der Waals surface area contributed by atoms with Gasteiger partial charge in [0.05, 0.1) is 17.0 Å². The summed E-state index contributed by atoms with van der Waals surface area (Å²) in [4.78, 5) is 33.3. The van der Waals surface area contributed by atoms with Gasteiger partial charge in [-0.15, -0.1) is 0 Å². The maximum atomic E-state index is 14.8. The first-order valence-electron chi connectivity index (χ1n) is 15.9. The number of carbonyl (C=O) groups is 2. The Bertz CT molecular complexity index is 1820. The predicted octanol–water partition coefficient (Wildman–Crippen LogP) is 8.10. The number of benzene rings is 5. The van der Waals surface area contributed by atoms with Crippen LogP contribution in [0.3, 0.4) is 0 Å². The molecule has 0 fully saturated rings. The fourth-order valence-corrected chi connectivity index (χ4v) is 7.05. The lowest BCUT2D eigenvalue weighted by Crippen LogP contribution is -2.39. The number of amides is 1. The number of rotatable bonds is 14. The monoisotopic (exact) mass is 639 g/mol. The van der Waals surface area contributed by atoms with Gasteiger partial charge in [0.15, 0.2) is 5.16 Å². The number of imidazole rings is 1. The van der Waals surface area contributed by atoms with Crippen LogP contribution in [-0.2, 0) is 16.1 Å². The number of thioether (sulfide) groups is 1. The molecule has 1 N–H and O–H groups in total. The van der Waals surface area contributed by atoms with Crippen molar-refractivity contribution in [2.75, 3.05) is 18.8 Å². The molecule has 1 heterocycles. The molecule has 0 saturated heterocycles. The molecule has 236 valence electrons. The highest BCUT2D eigenvalue weighted by Gasteiger charge is 2.30. The predicted molar refractivity (Wildman–Crippen MR) is 189 cm³/mol. The van der Waals surface area contributed by atoms with E-state index in [0.717, 1.165) is 33.3 Å². The van der Waals surface area contributed by atoms with Crippen LogP contribution >= 0.6 is 11.8 Å². The Morgan fingerprint density at radius 2 is 1.17 bits per heavy atom. The van der Waals surface area contributed by atoms with Gasteiger partial charge in [0.1, 0.15) is 6.54 Å². The standard InChI is InChI=1S/C40H37N3O3S/c44-37(45)29-43-36-25-14-13-24-35(36)41-40(43)47-27-15-26-42(28-34(30-16-5-1-6-17-30)31-18-7-2-8-19-31)39(46)38(32-20-9-3-10-21-32)33-22-11-4-12-23-33/h1-14,16-25,34,38H,15,26-29H2,(H,44,45). The Morgan fingerprint density at radius 1 is 0.681 bits per heavy atom. The lowest BCUT2D eigenvalue weighted by atomic mass is 9.87. The third kappa shape index (κ3) is 7.81. The molecule has 6 nitrogen and oxygen atoms in total. The van der Waals surface area contributed by atoms with Gasteiger partial charge in [0.2, 0.25) is 5.91 Å². The Labute approximate surface area is 279 Å². The van der Waals surface area contributed by atoms with Crippen molar-refractivity contribution in [3.05, 3.63) is 168 Å². The summed E-state index contributed by atoms with van der Waals surface area (Å²) < 4.78 is 1.76. The molecule has 0 saturated carbocycles. The average Bonchev–Trinajstić information content (AvgIpc) is 3.46. The van der Waals surface area contributed by atoms with E-state index in [1.165, 1.54) is 11.8 Å². The molecule has 0 atom stereocenters. The van der Waals surface area contributed by atoms with Gasteiger partial charge in [-0.1, -0.05) is 145 Å². The Morgan fingerprint density at radius 3 is 1.70 bits per heavy atom. The fourth-order valence-electron chi connectivity index (χ4n) is 6.11. The molecule has 5 aromatic carbocycles. The first kappa shape index (κ1) is 31.8. The van der Waals surface area contributed by atoms with Gasteiger partial charge in [-0.05, 0) is 40.8 Å². The van der Waals surface area contributed by atoms with Crippen molar-refractivity contribution in [1.82, 2.24) is 14.5 Å². The van der Waals surface area contributed by atoms with Gasteiger partial charge in [-0.2, -0.15) is 0 Å². The zero-order valence-electron chi connectivity index (χ0n) is 26.1. The molecule has 1 amide bonds. The van der Waals surface area contributed by atoms with E-state index < -0.39 is 11.9 Å². The van der Waals surface area contributed by atoms with Gasteiger partial charge in [-0.25, -0.2) is 4.98 Å². The minimum Gasteiger partial charge on any atom is -0.480 e. The molecular weight excluding hydrogens is 603 g/mol. The first-order valence-corrected chi connectivity index (χ1v) is 16.9. The summed E-state index contributed by atoms with van der Waals surface area (Å²) in [6, 6.07) is 48.4. The van der Waals surface area contributed by atoms with Crippen molar-refractivity contribution >= 4 is 34.7 Å². The van der Waals surface area contributed by atoms with E-state index in [0.29, 0.717) is 30.4 Å². The number of para-hydroxylation sites is 2. The summed E-state index contributed by atoms with van der Waals surface area (Å²) in [6.07, 6.45) is 0.708. The van der Waals surface area contributed by atoms with E-state index in [-0.39, 0.29) is 18.4 Å². The smallest absolute Gasteiger partial charge is 0.323 e. The highest BCUT2D eigenvalue weighted by atomic mass is 32.2. The summed E-state index contributed by atoms with van der Waals surface area (Å²) in [5.74, 6) is -0.636. The second kappa shape index (κ2) is 15.4. The number of aliphatic carboxylic acids is 1. The van der Waals surface area contributed by atoms with Crippen molar-refractivity contribution in [3.63, 3.8) is 0 Å². The number of hydrogen-bond acceptors (Lipinski definition) is 4. The van der Waals surface area contributed by atoms with E-state index in [9.17, 15) is 14.7 Å². The maximum Gasteiger partial charge on any atom is 0.323 e. The van der Waals surface area contributed by atoms with Gasteiger partial charge in [0, 0.05) is 24.8 Å². The molecule has 0 bridgehead atoms. The Balaban J connectivity index is 1.30. The fraction of sp³-hybridized carbons (Fsp3) is 0.175. The van der Waals surface area contributed by atoms with Crippen LogP contribution in [0.15, 0.2) is 151 Å². The third-order valence-electron chi connectivity index (χ3n) is 8.35. The summed E-state index contributed by atoms with van der Waals surface area (Å²) in [5.41, 5.74) is 5.81. The van der Waals surface area contributed by atoms with Gasteiger partial charge >= 0.3 is 5.97 Å². The second-order valence-electron chi connectivity index (χ2n) is 11.5. The minimum atomic E-state index is -0.910. The number of nitrogens with zero attached hydrogens (tertiary/aromatic N) is 3. The minimum absolute atomic E-state index is 0.0130. The van der Waals surface area contributed by atoms with Crippen molar-refractivity contribution in [1.29, 1.82) is 0 Å². The molecule has 1 aromatic heterocycles. The maximum absolute atomic E-state index is 14.8. The van der Waals surface area contributed by atoms with E-state index in [4.69, 9.17) is 4.98 Å². The SMILES string of the molecule is O=C(O)Cn1c(SCCCN(CC(c2ccccc2)c2ccccc2)C(=O)C(c2ccccc2)c2ccccc2)nc2ccccc21. The van der Waals surface area contributed by atoms with Crippen LogP contribution in [0.25, 0.3) is 11.0 Å². The molecule has 6 aromatic rings. The molecule has 6 rings (SSSR count). The molecule has 0 spiro atoms. The van der Waals surface area contributed by atoms with Crippen LogP contribution in [0.1, 0.15) is 40.5 Å². The summed E-state index contributed by atoms with van der Waals surface area (Å²) in [6.45, 7) is 0.904. The topological polar surface area (TPSA) is 75.4 Å². The summed E-state index contributed by atoms with van der Waals surface area (Å²) in [5, 5.41) is 10.3. The number of carboxylic acid groups (broad SMARTS) is 1. The van der Waals surface area contributed by atoms with E-state index in [1.54, 1.807) is 4.57 Å². The molecule has 0 unspecified atom stereocenters.